The van der Waals surface area contributed by atoms with Crippen LogP contribution in [0.15, 0.2) is 42.5 Å². The summed E-state index contributed by atoms with van der Waals surface area (Å²) in [7, 11) is 0. The summed E-state index contributed by atoms with van der Waals surface area (Å²) in [6.07, 6.45) is 0.943. The highest BCUT2D eigenvalue weighted by molar-refractivity contribution is 6.05. The zero-order valence-electron chi connectivity index (χ0n) is 12.6. The number of carbonyl (C=O) groups is 1. The number of nitrogens with one attached hydrogen (secondary N) is 1. The van der Waals surface area contributed by atoms with Crippen LogP contribution in [0.3, 0.4) is 0 Å². The van der Waals surface area contributed by atoms with E-state index in [4.69, 9.17) is 5.26 Å². The molecule has 0 bridgehead atoms. The lowest BCUT2D eigenvalue weighted by Gasteiger charge is -2.15. The van der Waals surface area contributed by atoms with E-state index in [9.17, 15) is 9.18 Å². The minimum atomic E-state index is -0.697. The van der Waals surface area contributed by atoms with Crippen LogP contribution in [-0.4, -0.2) is 5.91 Å². The molecular formula is C18H17FN2O. The average molecular weight is 296 g/mol. The molecule has 0 aliphatic carbocycles. The van der Waals surface area contributed by atoms with Gasteiger partial charge in [0.1, 0.15) is 5.82 Å². The fourth-order valence-electron chi connectivity index (χ4n) is 2.22. The van der Waals surface area contributed by atoms with Crippen LogP contribution < -0.4 is 5.32 Å². The number of carbonyl (C=O) groups excluding carboxylic acids is 1. The summed E-state index contributed by atoms with van der Waals surface area (Å²) in [5, 5.41) is 11.5. The fourth-order valence-corrected chi connectivity index (χ4v) is 2.22. The van der Waals surface area contributed by atoms with Gasteiger partial charge in [-0.2, -0.15) is 5.26 Å². The molecule has 3 nitrogen and oxygen atoms in total. The predicted molar refractivity (Wildman–Crippen MR) is 84.2 cm³/mol. The van der Waals surface area contributed by atoms with Crippen molar-refractivity contribution in [3.05, 3.63) is 65.0 Å². The SMILES string of the molecule is CCC(C)c1ccccc1NC(=O)c1ccc(C#N)cc1F. The van der Waals surface area contributed by atoms with Gasteiger partial charge in [-0.25, -0.2) is 4.39 Å². The smallest absolute Gasteiger partial charge is 0.258 e. The van der Waals surface area contributed by atoms with Crippen LogP contribution in [0, 0.1) is 17.1 Å². The Balaban J connectivity index is 2.28. The molecule has 0 fully saturated rings. The van der Waals surface area contributed by atoms with Gasteiger partial charge in [0.05, 0.1) is 17.2 Å². The maximum atomic E-state index is 13.9. The first-order chi connectivity index (χ1) is 10.6. The van der Waals surface area contributed by atoms with E-state index >= 15 is 0 Å². The van der Waals surface area contributed by atoms with E-state index in [0.717, 1.165) is 18.1 Å². The Hall–Kier alpha value is -2.67. The molecular weight excluding hydrogens is 279 g/mol. The molecule has 2 rings (SSSR count). The molecule has 22 heavy (non-hydrogen) atoms. The molecule has 1 atom stereocenters. The van der Waals surface area contributed by atoms with Crippen molar-refractivity contribution < 1.29 is 9.18 Å². The van der Waals surface area contributed by atoms with Crippen LogP contribution in [0.5, 0.6) is 0 Å². The second kappa shape index (κ2) is 6.86. The van der Waals surface area contributed by atoms with Crippen LogP contribution in [-0.2, 0) is 0 Å². The lowest BCUT2D eigenvalue weighted by molar-refractivity contribution is 0.102. The van der Waals surface area contributed by atoms with Gasteiger partial charge in [0, 0.05) is 5.69 Å². The zero-order valence-corrected chi connectivity index (χ0v) is 12.6. The van der Waals surface area contributed by atoms with Crippen molar-refractivity contribution in [2.75, 3.05) is 5.32 Å². The number of rotatable bonds is 4. The van der Waals surface area contributed by atoms with Crippen LogP contribution in [0.2, 0.25) is 0 Å². The summed E-state index contributed by atoms with van der Waals surface area (Å²) in [4.78, 5) is 12.3. The van der Waals surface area contributed by atoms with Gasteiger partial charge in [0.2, 0.25) is 0 Å². The molecule has 112 valence electrons. The quantitative estimate of drug-likeness (QED) is 0.905. The van der Waals surface area contributed by atoms with Gasteiger partial charge in [0.15, 0.2) is 0 Å². The summed E-state index contributed by atoms with van der Waals surface area (Å²) in [6, 6.07) is 13.2. The third-order valence-electron chi connectivity index (χ3n) is 3.70. The van der Waals surface area contributed by atoms with Crippen molar-refractivity contribution in [1.29, 1.82) is 5.26 Å². The third-order valence-corrected chi connectivity index (χ3v) is 3.70. The fraction of sp³-hybridized carbons (Fsp3) is 0.222. The zero-order chi connectivity index (χ0) is 16.1. The molecule has 2 aromatic rings. The van der Waals surface area contributed by atoms with E-state index < -0.39 is 11.7 Å². The number of hydrogen-bond acceptors (Lipinski definition) is 2. The number of amides is 1. The van der Waals surface area contributed by atoms with Crippen molar-refractivity contribution in [1.82, 2.24) is 0 Å². The average Bonchev–Trinajstić information content (AvgIpc) is 2.54. The Morgan fingerprint density at radius 1 is 1.32 bits per heavy atom. The summed E-state index contributed by atoms with van der Waals surface area (Å²) >= 11 is 0. The largest absolute Gasteiger partial charge is 0.322 e. The molecule has 0 saturated heterocycles. The summed E-state index contributed by atoms with van der Waals surface area (Å²) < 4.78 is 13.9. The maximum absolute atomic E-state index is 13.9. The van der Waals surface area contributed by atoms with Crippen molar-refractivity contribution >= 4 is 11.6 Å². The lowest BCUT2D eigenvalue weighted by atomic mass is 9.96. The number of para-hydroxylation sites is 1. The minimum absolute atomic E-state index is 0.0713. The van der Waals surface area contributed by atoms with Gasteiger partial charge < -0.3 is 5.32 Å². The van der Waals surface area contributed by atoms with E-state index in [-0.39, 0.29) is 11.1 Å². The monoisotopic (exact) mass is 296 g/mol. The number of halogens is 1. The summed E-state index contributed by atoms with van der Waals surface area (Å²) in [6.45, 7) is 4.15. The van der Waals surface area contributed by atoms with E-state index in [0.29, 0.717) is 11.6 Å². The first kappa shape index (κ1) is 15.7. The second-order valence-electron chi connectivity index (χ2n) is 5.16. The van der Waals surface area contributed by atoms with Crippen molar-refractivity contribution in [3.63, 3.8) is 0 Å². The molecule has 0 saturated carbocycles. The van der Waals surface area contributed by atoms with Crippen LogP contribution in [0.4, 0.5) is 10.1 Å². The van der Waals surface area contributed by atoms with Crippen molar-refractivity contribution in [3.8, 4) is 6.07 Å². The molecule has 0 heterocycles. The Morgan fingerprint density at radius 2 is 2.05 bits per heavy atom. The van der Waals surface area contributed by atoms with E-state index in [1.165, 1.54) is 12.1 Å². The highest BCUT2D eigenvalue weighted by atomic mass is 19.1. The Kier molecular flexibility index (Phi) is 4.90. The molecule has 1 unspecified atom stereocenters. The highest BCUT2D eigenvalue weighted by Gasteiger charge is 2.15. The van der Waals surface area contributed by atoms with E-state index in [1.807, 2.05) is 24.3 Å². The summed E-state index contributed by atoms with van der Waals surface area (Å²) in [5.41, 5.74) is 1.82. The van der Waals surface area contributed by atoms with Gasteiger partial charge >= 0.3 is 0 Å². The van der Waals surface area contributed by atoms with Gasteiger partial charge in [-0.05, 0) is 42.2 Å². The first-order valence-corrected chi connectivity index (χ1v) is 7.16. The third kappa shape index (κ3) is 3.32. The van der Waals surface area contributed by atoms with Gasteiger partial charge in [0.25, 0.3) is 5.91 Å². The van der Waals surface area contributed by atoms with Crippen LogP contribution in [0.1, 0.15) is 47.7 Å². The molecule has 0 aliphatic heterocycles. The number of hydrogen-bond donors (Lipinski definition) is 1. The van der Waals surface area contributed by atoms with E-state index in [1.54, 1.807) is 6.07 Å². The van der Waals surface area contributed by atoms with Gasteiger partial charge in [-0.15, -0.1) is 0 Å². The molecule has 4 heteroatoms. The molecule has 0 aromatic heterocycles. The maximum Gasteiger partial charge on any atom is 0.258 e. The number of nitrogens with zero attached hydrogens (tertiary/aromatic N) is 1. The standard InChI is InChI=1S/C18H17FN2O/c1-3-12(2)14-6-4-5-7-17(14)21-18(22)15-9-8-13(11-20)10-16(15)19/h4-10,12H,3H2,1-2H3,(H,21,22). The van der Waals surface area contributed by atoms with E-state index in [2.05, 4.69) is 19.2 Å². The summed E-state index contributed by atoms with van der Waals surface area (Å²) in [5.74, 6) is -0.919. The topological polar surface area (TPSA) is 52.9 Å². The van der Waals surface area contributed by atoms with Gasteiger partial charge in [-0.1, -0.05) is 32.0 Å². The molecule has 0 aliphatic rings. The lowest BCUT2D eigenvalue weighted by Crippen LogP contribution is -2.15. The predicted octanol–water partition coefficient (Wildman–Crippen LogP) is 4.46. The number of nitriles is 1. The molecule has 1 N–H and O–H groups in total. The highest BCUT2D eigenvalue weighted by Crippen LogP contribution is 2.27. The number of anilines is 1. The molecule has 2 aromatic carbocycles. The Labute approximate surface area is 129 Å². The second-order valence-corrected chi connectivity index (χ2v) is 5.16. The normalized spacial score (nSPS) is 11.5. The Morgan fingerprint density at radius 3 is 2.68 bits per heavy atom. The van der Waals surface area contributed by atoms with Crippen molar-refractivity contribution in [2.24, 2.45) is 0 Å². The molecule has 1 amide bonds. The molecule has 0 spiro atoms. The molecule has 0 radical (unpaired) electrons. The van der Waals surface area contributed by atoms with Crippen LogP contribution >= 0.6 is 0 Å². The Bertz CT molecular complexity index is 734. The number of benzene rings is 2. The van der Waals surface area contributed by atoms with Gasteiger partial charge in [-0.3, -0.25) is 4.79 Å². The van der Waals surface area contributed by atoms with Crippen molar-refractivity contribution in [2.45, 2.75) is 26.2 Å². The van der Waals surface area contributed by atoms with Crippen LogP contribution in [0.25, 0.3) is 0 Å². The minimum Gasteiger partial charge on any atom is -0.322 e. The first-order valence-electron chi connectivity index (χ1n) is 7.16.